The maximum Gasteiger partial charge on any atom is 0.0619 e. The minimum atomic E-state index is 0.735. The van der Waals surface area contributed by atoms with Gasteiger partial charge in [-0.15, -0.1) is 0 Å². The molecule has 11 aromatic rings. The monoisotopic (exact) mass is 933 g/mol. The van der Waals surface area contributed by atoms with Crippen molar-refractivity contribution in [2.45, 2.75) is 13.3 Å². The van der Waals surface area contributed by atoms with E-state index in [1.807, 2.05) is 6.08 Å². The average Bonchev–Trinajstić information content (AvgIpc) is 3.84. The fourth-order valence-electron chi connectivity index (χ4n) is 10.7. The average molecular weight is 934 g/mol. The third-order valence-corrected chi connectivity index (χ3v) is 13.8. The number of nitrogens with zero attached hydrogens (tertiary/aromatic N) is 1. The minimum absolute atomic E-state index is 0.735. The highest BCUT2D eigenvalue weighted by molar-refractivity contribution is 6.13. The zero-order valence-electron chi connectivity index (χ0n) is 41.1. The first-order valence-corrected chi connectivity index (χ1v) is 25.2. The van der Waals surface area contributed by atoms with Gasteiger partial charge in [0.1, 0.15) is 0 Å². The van der Waals surface area contributed by atoms with Crippen LogP contribution < -0.4 is 0 Å². The van der Waals surface area contributed by atoms with Crippen molar-refractivity contribution >= 4 is 5.57 Å². The quantitative estimate of drug-likeness (QED) is 0.0756. The Balaban J connectivity index is 1.30. The largest absolute Gasteiger partial charge is 0.308 e. The lowest BCUT2D eigenvalue weighted by Gasteiger charge is -2.29. The molecule has 0 aliphatic rings. The van der Waals surface area contributed by atoms with Crippen LogP contribution in [0.3, 0.4) is 0 Å². The van der Waals surface area contributed by atoms with Gasteiger partial charge in [-0.05, 0) is 115 Å². The Morgan fingerprint density at radius 1 is 0.329 bits per heavy atom. The van der Waals surface area contributed by atoms with Gasteiger partial charge in [0.05, 0.1) is 11.4 Å². The number of aromatic nitrogens is 1. The zero-order valence-corrected chi connectivity index (χ0v) is 41.1. The summed E-state index contributed by atoms with van der Waals surface area (Å²) in [6, 6.07) is 97.0. The summed E-state index contributed by atoms with van der Waals surface area (Å²) < 4.78 is 2.51. The highest BCUT2D eigenvalue weighted by Gasteiger charge is 2.31. The van der Waals surface area contributed by atoms with Crippen molar-refractivity contribution in [1.82, 2.24) is 4.57 Å². The number of allylic oxidation sites excluding steroid dienone is 5. The molecule has 0 bridgehead atoms. The van der Waals surface area contributed by atoms with Gasteiger partial charge in [-0.1, -0.05) is 286 Å². The summed E-state index contributed by atoms with van der Waals surface area (Å²) in [7, 11) is 0. The van der Waals surface area contributed by atoms with Crippen molar-refractivity contribution in [1.29, 1.82) is 0 Å². The van der Waals surface area contributed by atoms with Crippen LogP contribution in [0.5, 0.6) is 0 Å². The van der Waals surface area contributed by atoms with Crippen LogP contribution in [0.15, 0.2) is 298 Å². The zero-order chi connectivity index (χ0) is 49.3. The highest BCUT2D eigenvalue weighted by atomic mass is 15.0. The Bertz CT molecular complexity index is 3480. The second-order valence-corrected chi connectivity index (χ2v) is 18.2. The molecular weight excluding hydrogens is 879 g/mol. The Hall–Kier alpha value is -9.30. The molecule has 0 unspecified atom stereocenters. The van der Waals surface area contributed by atoms with E-state index in [9.17, 15) is 0 Å². The maximum atomic E-state index is 4.29. The number of hydrogen-bond donors (Lipinski definition) is 0. The molecule has 1 heteroatoms. The Kier molecular flexibility index (Phi) is 13.5. The van der Waals surface area contributed by atoms with Crippen LogP contribution in [0.25, 0.3) is 112 Å². The summed E-state index contributed by atoms with van der Waals surface area (Å²) in [5, 5.41) is 0. The van der Waals surface area contributed by atoms with E-state index in [0.29, 0.717) is 0 Å². The molecule has 73 heavy (non-hydrogen) atoms. The fourth-order valence-corrected chi connectivity index (χ4v) is 10.7. The van der Waals surface area contributed by atoms with Crippen molar-refractivity contribution in [3.05, 3.63) is 303 Å². The Morgan fingerprint density at radius 2 is 0.603 bits per heavy atom. The van der Waals surface area contributed by atoms with Crippen LogP contribution in [0.1, 0.15) is 18.9 Å². The fraction of sp³-hybridized carbons (Fsp3) is 0.0278. The first kappa shape index (κ1) is 46.1. The first-order valence-electron chi connectivity index (χ1n) is 25.2. The summed E-state index contributed by atoms with van der Waals surface area (Å²) in [4.78, 5) is 0. The summed E-state index contributed by atoms with van der Waals surface area (Å²) in [5.41, 5.74) is 24.3. The van der Waals surface area contributed by atoms with Crippen molar-refractivity contribution in [2.24, 2.45) is 0 Å². The predicted octanol–water partition coefficient (Wildman–Crippen LogP) is 20.0. The molecule has 0 aliphatic heterocycles. The lowest BCUT2D eigenvalue weighted by atomic mass is 9.73. The van der Waals surface area contributed by atoms with Crippen molar-refractivity contribution < 1.29 is 0 Å². The van der Waals surface area contributed by atoms with Gasteiger partial charge in [-0.3, -0.25) is 0 Å². The van der Waals surface area contributed by atoms with E-state index in [1.165, 1.54) is 50.1 Å². The smallest absolute Gasteiger partial charge is 0.0619 e. The van der Waals surface area contributed by atoms with Gasteiger partial charge in [0.25, 0.3) is 0 Å². The van der Waals surface area contributed by atoms with Crippen molar-refractivity contribution in [2.75, 3.05) is 0 Å². The summed E-state index contributed by atoms with van der Waals surface area (Å²) >= 11 is 0. The van der Waals surface area contributed by atoms with Crippen LogP contribution >= 0.6 is 0 Å². The van der Waals surface area contributed by atoms with Crippen LogP contribution in [0, 0.1) is 0 Å². The maximum absolute atomic E-state index is 4.29. The topological polar surface area (TPSA) is 4.93 Å². The molecule has 0 radical (unpaired) electrons. The third kappa shape index (κ3) is 9.06. The van der Waals surface area contributed by atoms with Crippen LogP contribution in [0.4, 0.5) is 0 Å². The molecule has 1 heterocycles. The van der Waals surface area contributed by atoms with E-state index in [4.69, 9.17) is 0 Å². The highest BCUT2D eigenvalue weighted by Crippen LogP contribution is 2.56. The molecule has 0 atom stereocenters. The van der Waals surface area contributed by atoms with Crippen molar-refractivity contribution in [3.8, 4) is 106 Å². The molecule has 0 aliphatic carbocycles. The van der Waals surface area contributed by atoms with Gasteiger partial charge in [0.15, 0.2) is 0 Å². The number of rotatable bonds is 14. The van der Waals surface area contributed by atoms with Gasteiger partial charge in [0.2, 0.25) is 0 Å². The molecular formula is C72H55N. The van der Waals surface area contributed by atoms with E-state index >= 15 is 0 Å². The number of hydrogen-bond acceptors (Lipinski definition) is 0. The lowest BCUT2D eigenvalue weighted by molar-refractivity contribution is 1.10. The second-order valence-electron chi connectivity index (χ2n) is 18.2. The standard InChI is InChI=1S/C72H55N/c1-3-5-31-52(30-4-2)63-64(53-32-14-6-15-33-53)66(55-36-18-8-19-37-55)68(67(56-38-20-9-21-39-56)65(63)54-34-16-7-17-35-54)59-48-50-62(51-49-59)73-71(60-44-26-12-27-45-60)69(57-40-22-10-23-41-57)70(58-42-24-11-25-43-58)72(73)61-46-28-13-29-47-61/h3-30,32-51H,2,31H2,1H3/b5-3-,52-30+. The van der Waals surface area contributed by atoms with E-state index in [2.05, 4.69) is 303 Å². The van der Waals surface area contributed by atoms with E-state index < -0.39 is 0 Å². The SMILES string of the molecule is C=C/C=C(\C/C=C\C)c1c(-c2ccccc2)c(-c2ccccc2)c(-c2ccc(-n3c(-c4ccccc4)c(-c4ccccc4)c(-c4ccccc4)c3-c3ccccc3)cc2)c(-c2ccccc2)c1-c1ccccc1. The molecule has 1 aromatic heterocycles. The third-order valence-electron chi connectivity index (χ3n) is 13.8. The molecule has 10 aromatic carbocycles. The van der Waals surface area contributed by atoms with Crippen molar-refractivity contribution in [3.63, 3.8) is 0 Å². The molecule has 1 nitrogen and oxygen atoms in total. The minimum Gasteiger partial charge on any atom is -0.308 e. The number of benzene rings is 10. The normalized spacial score (nSPS) is 11.5. The summed E-state index contributed by atoms with van der Waals surface area (Å²) in [6.45, 7) is 6.39. The lowest BCUT2D eigenvalue weighted by Crippen LogP contribution is -2.05. The van der Waals surface area contributed by atoms with Gasteiger partial charge < -0.3 is 4.57 Å². The molecule has 0 fully saturated rings. The van der Waals surface area contributed by atoms with Gasteiger partial charge in [-0.25, -0.2) is 0 Å². The van der Waals surface area contributed by atoms with E-state index in [1.54, 1.807) is 0 Å². The molecule has 11 rings (SSSR count). The predicted molar refractivity (Wildman–Crippen MR) is 312 cm³/mol. The van der Waals surface area contributed by atoms with E-state index in [0.717, 1.165) is 73.6 Å². The molecule has 0 saturated heterocycles. The van der Waals surface area contributed by atoms with Gasteiger partial charge in [-0.2, -0.15) is 0 Å². The summed E-state index contributed by atoms with van der Waals surface area (Å²) in [5.74, 6) is 0. The molecule has 0 amide bonds. The first-order chi connectivity index (χ1) is 36.2. The molecule has 0 saturated carbocycles. The molecule has 0 N–H and O–H groups in total. The van der Waals surface area contributed by atoms with Crippen LogP contribution in [-0.4, -0.2) is 4.57 Å². The van der Waals surface area contributed by atoms with Gasteiger partial charge >= 0.3 is 0 Å². The second kappa shape index (κ2) is 21.4. The van der Waals surface area contributed by atoms with Crippen LogP contribution in [0.2, 0.25) is 0 Å². The summed E-state index contributed by atoms with van der Waals surface area (Å²) in [6.07, 6.45) is 9.30. The molecule has 348 valence electrons. The van der Waals surface area contributed by atoms with Crippen LogP contribution in [-0.2, 0) is 0 Å². The Labute approximate surface area is 430 Å². The molecule has 0 spiro atoms. The van der Waals surface area contributed by atoms with Gasteiger partial charge in [0, 0.05) is 16.8 Å². The Morgan fingerprint density at radius 3 is 0.918 bits per heavy atom. The van der Waals surface area contributed by atoms with E-state index in [-0.39, 0.29) is 0 Å².